The molecule has 1 amide bonds. The van der Waals surface area contributed by atoms with Gasteiger partial charge in [-0.2, -0.15) is 5.10 Å². The molecule has 5 nitrogen and oxygen atoms in total. The van der Waals surface area contributed by atoms with E-state index < -0.39 is 0 Å². The molecule has 2 N–H and O–H groups in total. The predicted octanol–water partition coefficient (Wildman–Crippen LogP) is -0.897. The molecule has 5 heteroatoms. The van der Waals surface area contributed by atoms with Gasteiger partial charge >= 0.3 is 0 Å². The number of hydrogen-bond donors (Lipinski definition) is 2. The fourth-order valence-electron chi connectivity index (χ4n) is 2.11. The summed E-state index contributed by atoms with van der Waals surface area (Å²) in [5, 5.41) is 10.3. The van der Waals surface area contributed by atoms with E-state index >= 15 is 0 Å². The van der Waals surface area contributed by atoms with E-state index in [1.807, 2.05) is 10.7 Å². The molecule has 1 saturated heterocycles. The molecule has 0 aromatic carbocycles. The van der Waals surface area contributed by atoms with Gasteiger partial charge in [0.15, 0.2) is 0 Å². The van der Waals surface area contributed by atoms with Crippen LogP contribution >= 0.6 is 0 Å². The van der Waals surface area contributed by atoms with Crippen molar-refractivity contribution in [1.82, 2.24) is 20.4 Å². The smallest absolute Gasteiger partial charge is 0.231 e. The van der Waals surface area contributed by atoms with Gasteiger partial charge in [-0.05, 0) is 6.07 Å². The zero-order valence-corrected chi connectivity index (χ0v) is 7.79. The number of nitrogens with one attached hydrogen (secondary N) is 2. The summed E-state index contributed by atoms with van der Waals surface area (Å²) >= 11 is 0. The Kier molecular flexibility index (Phi) is 1.47. The summed E-state index contributed by atoms with van der Waals surface area (Å²) in [4.78, 5) is 11.5. The van der Waals surface area contributed by atoms with Gasteiger partial charge in [0.1, 0.15) is 0 Å². The van der Waals surface area contributed by atoms with Crippen molar-refractivity contribution >= 4 is 5.91 Å². The predicted molar refractivity (Wildman–Crippen MR) is 49.4 cm³/mol. The summed E-state index contributed by atoms with van der Waals surface area (Å²) in [6, 6.07) is 1.99. The van der Waals surface area contributed by atoms with Crippen molar-refractivity contribution in [1.29, 1.82) is 0 Å². The van der Waals surface area contributed by atoms with Crippen LogP contribution in [0.1, 0.15) is 5.69 Å². The van der Waals surface area contributed by atoms with Crippen LogP contribution < -0.4 is 10.6 Å². The van der Waals surface area contributed by atoms with Gasteiger partial charge < -0.3 is 10.6 Å². The molecular weight excluding hydrogens is 180 g/mol. The van der Waals surface area contributed by atoms with Crippen LogP contribution in [0.5, 0.6) is 0 Å². The van der Waals surface area contributed by atoms with Crippen molar-refractivity contribution in [3.63, 3.8) is 0 Å². The molecule has 1 unspecified atom stereocenters. The number of fused-ring (bicyclic) bond motifs is 1. The zero-order valence-electron chi connectivity index (χ0n) is 7.79. The first-order chi connectivity index (χ1) is 6.80. The number of aromatic nitrogens is 2. The molecule has 0 bridgehead atoms. The van der Waals surface area contributed by atoms with Crippen LogP contribution in [0, 0.1) is 5.41 Å². The van der Waals surface area contributed by atoms with E-state index in [1.165, 1.54) is 0 Å². The number of carbonyl (C=O) groups is 1. The summed E-state index contributed by atoms with van der Waals surface area (Å²) in [6.45, 7) is 3.02. The second kappa shape index (κ2) is 2.57. The van der Waals surface area contributed by atoms with Crippen molar-refractivity contribution in [2.75, 3.05) is 13.1 Å². The Bertz CT molecular complexity index is 386. The van der Waals surface area contributed by atoms with Crippen molar-refractivity contribution in [2.45, 2.75) is 13.1 Å². The fraction of sp³-hybridized carbons (Fsp3) is 0.556. The van der Waals surface area contributed by atoms with Crippen molar-refractivity contribution in [2.24, 2.45) is 5.41 Å². The normalized spacial score (nSPS) is 30.4. The summed E-state index contributed by atoms with van der Waals surface area (Å²) in [5.74, 6) is 0.147. The summed E-state index contributed by atoms with van der Waals surface area (Å²) < 4.78 is 1.93. The number of nitrogens with zero attached hydrogens (tertiary/aromatic N) is 2. The Balaban J connectivity index is 1.96. The average molecular weight is 192 g/mol. The summed E-state index contributed by atoms with van der Waals surface area (Å²) in [5.41, 5.74) is 0.902. The minimum absolute atomic E-state index is 0.147. The molecule has 0 radical (unpaired) electrons. The first kappa shape index (κ1) is 7.99. The maximum absolute atomic E-state index is 11.5. The summed E-state index contributed by atoms with van der Waals surface area (Å²) in [6.07, 6.45) is 1.78. The van der Waals surface area contributed by atoms with Crippen LogP contribution in [-0.2, 0) is 17.9 Å². The second-order valence-electron chi connectivity index (χ2n) is 4.05. The molecule has 0 saturated carbocycles. The van der Waals surface area contributed by atoms with Crippen LogP contribution in [0.15, 0.2) is 12.3 Å². The monoisotopic (exact) mass is 192 g/mol. The highest BCUT2D eigenvalue weighted by atomic mass is 16.2. The van der Waals surface area contributed by atoms with Crippen molar-refractivity contribution < 1.29 is 4.79 Å². The van der Waals surface area contributed by atoms with Gasteiger partial charge in [-0.15, -0.1) is 0 Å². The molecule has 1 aromatic rings. The van der Waals surface area contributed by atoms with Crippen molar-refractivity contribution in [3.8, 4) is 0 Å². The highest BCUT2D eigenvalue weighted by molar-refractivity contribution is 5.88. The van der Waals surface area contributed by atoms with Crippen molar-refractivity contribution in [3.05, 3.63) is 18.0 Å². The largest absolute Gasteiger partial charge is 0.354 e. The first-order valence-electron chi connectivity index (χ1n) is 4.80. The van der Waals surface area contributed by atoms with E-state index in [-0.39, 0.29) is 11.3 Å². The zero-order chi connectivity index (χ0) is 9.60. The molecule has 1 fully saturated rings. The molecule has 0 aliphatic carbocycles. The third-order valence-electron chi connectivity index (χ3n) is 3.10. The lowest BCUT2D eigenvalue weighted by atomic mass is 9.80. The first-order valence-corrected chi connectivity index (χ1v) is 4.80. The Morgan fingerprint density at radius 3 is 3.14 bits per heavy atom. The lowest BCUT2D eigenvalue weighted by Gasteiger charge is -2.39. The standard InChI is InChI=1S/C9H12N4O/c14-8-9(5-11-8)4-10-3-7-1-2-12-13(7)6-9/h1-2,10H,3-6H2,(H,11,14). The molecule has 1 spiro atoms. The maximum Gasteiger partial charge on any atom is 0.231 e. The highest BCUT2D eigenvalue weighted by Crippen LogP contribution is 2.27. The molecule has 3 rings (SSSR count). The Labute approximate surface area is 81.5 Å². The van der Waals surface area contributed by atoms with Gasteiger partial charge in [0.2, 0.25) is 5.91 Å². The molecular formula is C9H12N4O. The third-order valence-corrected chi connectivity index (χ3v) is 3.10. The number of carbonyl (C=O) groups excluding carboxylic acids is 1. The highest BCUT2D eigenvalue weighted by Gasteiger charge is 2.47. The summed E-state index contributed by atoms with van der Waals surface area (Å²) in [7, 11) is 0. The lowest BCUT2D eigenvalue weighted by Crippen LogP contribution is -2.64. The van der Waals surface area contributed by atoms with E-state index in [2.05, 4.69) is 15.7 Å². The minimum Gasteiger partial charge on any atom is -0.354 e. The van der Waals surface area contributed by atoms with Gasteiger partial charge in [0, 0.05) is 25.8 Å². The average Bonchev–Trinajstić information content (AvgIpc) is 2.54. The molecule has 1 aromatic heterocycles. The Hall–Kier alpha value is -1.36. The maximum atomic E-state index is 11.5. The van der Waals surface area contributed by atoms with E-state index in [4.69, 9.17) is 0 Å². The second-order valence-corrected chi connectivity index (χ2v) is 4.05. The number of amides is 1. The molecule has 74 valence electrons. The van der Waals surface area contributed by atoms with E-state index in [9.17, 15) is 4.79 Å². The topological polar surface area (TPSA) is 59.0 Å². The SMILES string of the molecule is O=C1NCC12CNCc1ccnn1C2. The van der Waals surface area contributed by atoms with Gasteiger partial charge in [-0.1, -0.05) is 0 Å². The number of hydrogen-bond acceptors (Lipinski definition) is 3. The van der Waals surface area contributed by atoms with E-state index in [1.54, 1.807) is 6.20 Å². The van der Waals surface area contributed by atoms with Gasteiger partial charge in [-0.3, -0.25) is 9.48 Å². The molecule has 3 heterocycles. The Morgan fingerprint density at radius 1 is 1.50 bits per heavy atom. The molecule has 2 aliphatic rings. The van der Waals surface area contributed by atoms with Crippen LogP contribution in [-0.4, -0.2) is 28.8 Å². The van der Waals surface area contributed by atoms with E-state index in [0.717, 1.165) is 25.3 Å². The number of β-lactam (4-membered cyclic amide) rings is 1. The van der Waals surface area contributed by atoms with Crippen LogP contribution in [0.2, 0.25) is 0 Å². The van der Waals surface area contributed by atoms with Gasteiger partial charge in [0.05, 0.1) is 17.7 Å². The fourth-order valence-corrected chi connectivity index (χ4v) is 2.11. The van der Waals surface area contributed by atoms with Crippen LogP contribution in [0.4, 0.5) is 0 Å². The molecule has 14 heavy (non-hydrogen) atoms. The third kappa shape index (κ3) is 0.928. The van der Waals surface area contributed by atoms with E-state index in [0.29, 0.717) is 6.54 Å². The lowest BCUT2D eigenvalue weighted by molar-refractivity contribution is -0.140. The van der Waals surface area contributed by atoms with Crippen LogP contribution in [0.3, 0.4) is 0 Å². The molecule has 2 aliphatic heterocycles. The van der Waals surface area contributed by atoms with Crippen LogP contribution in [0.25, 0.3) is 0 Å². The van der Waals surface area contributed by atoms with Gasteiger partial charge in [-0.25, -0.2) is 0 Å². The molecule has 1 atom stereocenters. The number of rotatable bonds is 0. The van der Waals surface area contributed by atoms with Gasteiger partial charge in [0.25, 0.3) is 0 Å². The Morgan fingerprint density at radius 2 is 2.43 bits per heavy atom. The minimum atomic E-state index is -0.253. The quantitative estimate of drug-likeness (QED) is 0.524.